The van der Waals surface area contributed by atoms with E-state index >= 15 is 0 Å². The second kappa shape index (κ2) is 5.92. The Morgan fingerprint density at radius 1 is 1.16 bits per heavy atom. The third-order valence-electron chi connectivity index (χ3n) is 4.69. The van der Waals surface area contributed by atoms with Crippen LogP contribution >= 0.6 is 0 Å². The Labute approximate surface area is 145 Å². The van der Waals surface area contributed by atoms with E-state index in [2.05, 4.69) is 4.98 Å². The van der Waals surface area contributed by atoms with E-state index in [1.165, 1.54) is 0 Å². The van der Waals surface area contributed by atoms with Crippen molar-refractivity contribution in [3.63, 3.8) is 0 Å². The van der Waals surface area contributed by atoms with Gasteiger partial charge in [-0.1, -0.05) is 18.2 Å². The standard InChI is InChI=1S/C20H20N2O3/c1-12-7-10-15(25-12)11-22(14-8-9-14)20(24)19(23)18-13(2)21-17-6-4-3-5-16(17)18/h3-7,10,14,21H,8-9,11H2,1-2H3. The molecular formula is C20H20N2O3. The first-order chi connectivity index (χ1) is 12.0. The van der Waals surface area contributed by atoms with E-state index in [0.717, 1.165) is 35.2 Å². The van der Waals surface area contributed by atoms with Crippen molar-refractivity contribution in [2.24, 2.45) is 0 Å². The number of fused-ring (bicyclic) bond motifs is 1. The van der Waals surface area contributed by atoms with Gasteiger partial charge in [-0.25, -0.2) is 0 Å². The molecule has 0 bridgehead atoms. The Bertz CT molecular complexity index is 962. The zero-order chi connectivity index (χ0) is 17.6. The number of nitrogens with zero attached hydrogens (tertiary/aromatic N) is 1. The number of aromatic nitrogens is 1. The minimum Gasteiger partial charge on any atom is -0.464 e. The fraction of sp³-hybridized carbons (Fsp3) is 0.300. The Morgan fingerprint density at radius 3 is 2.60 bits per heavy atom. The first-order valence-electron chi connectivity index (χ1n) is 8.52. The number of benzene rings is 1. The highest BCUT2D eigenvalue weighted by molar-refractivity contribution is 6.45. The molecular weight excluding hydrogens is 316 g/mol. The second-order valence-corrected chi connectivity index (χ2v) is 6.68. The van der Waals surface area contributed by atoms with Crippen molar-refractivity contribution >= 4 is 22.6 Å². The molecule has 1 aliphatic carbocycles. The highest BCUT2D eigenvalue weighted by atomic mass is 16.3. The van der Waals surface area contributed by atoms with Gasteiger partial charge in [0.2, 0.25) is 0 Å². The monoisotopic (exact) mass is 336 g/mol. The Balaban J connectivity index is 1.65. The van der Waals surface area contributed by atoms with Crippen molar-refractivity contribution in [2.45, 2.75) is 39.3 Å². The highest BCUT2D eigenvalue weighted by Crippen LogP contribution is 2.30. The van der Waals surface area contributed by atoms with Crippen LogP contribution in [0.15, 0.2) is 40.8 Å². The van der Waals surface area contributed by atoms with Crippen LogP contribution in [0.25, 0.3) is 10.9 Å². The largest absolute Gasteiger partial charge is 0.464 e. The third kappa shape index (κ3) is 2.86. The van der Waals surface area contributed by atoms with Crippen LogP contribution in [0.5, 0.6) is 0 Å². The van der Waals surface area contributed by atoms with Crippen molar-refractivity contribution in [3.05, 3.63) is 59.2 Å². The summed E-state index contributed by atoms with van der Waals surface area (Å²) in [6.45, 7) is 4.04. The van der Waals surface area contributed by atoms with Gasteiger partial charge >= 0.3 is 0 Å². The summed E-state index contributed by atoms with van der Waals surface area (Å²) in [6, 6.07) is 11.4. The summed E-state index contributed by atoms with van der Waals surface area (Å²) in [7, 11) is 0. The van der Waals surface area contributed by atoms with Gasteiger partial charge in [-0.15, -0.1) is 0 Å². The van der Waals surface area contributed by atoms with E-state index in [-0.39, 0.29) is 6.04 Å². The Morgan fingerprint density at radius 2 is 1.92 bits per heavy atom. The number of hydrogen-bond donors (Lipinski definition) is 1. The molecule has 4 rings (SSSR count). The number of hydrogen-bond acceptors (Lipinski definition) is 3. The molecule has 0 aliphatic heterocycles. The zero-order valence-corrected chi connectivity index (χ0v) is 14.3. The van der Waals surface area contributed by atoms with Crippen LogP contribution in [0.3, 0.4) is 0 Å². The summed E-state index contributed by atoms with van der Waals surface area (Å²) < 4.78 is 5.60. The quantitative estimate of drug-likeness (QED) is 0.570. The molecule has 1 aromatic carbocycles. The second-order valence-electron chi connectivity index (χ2n) is 6.68. The Kier molecular flexibility index (Phi) is 3.71. The molecule has 0 unspecified atom stereocenters. The van der Waals surface area contributed by atoms with Gasteiger partial charge in [0.1, 0.15) is 11.5 Å². The summed E-state index contributed by atoms with van der Waals surface area (Å²) in [5, 5.41) is 0.794. The first kappa shape index (κ1) is 15.7. The molecule has 0 spiro atoms. The average Bonchev–Trinajstić information content (AvgIpc) is 3.27. The fourth-order valence-electron chi connectivity index (χ4n) is 3.30. The highest BCUT2D eigenvalue weighted by Gasteiger charge is 2.37. The number of aryl methyl sites for hydroxylation is 2. The van der Waals surface area contributed by atoms with Crippen LogP contribution < -0.4 is 0 Å². The number of rotatable bonds is 5. The van der Waals surface area contributed by atoms with Crippen LogP contribution in [-0.4, -0.2) is 27.6 Å². The number of aromatic amines is 1. The molecule has 128 valence electrons. The van der Waals surface area contributed by atoms with Crippen LogP contribution in [0.4, 0.5) is 0 Å². The number of H-pyrrole nitrogens is 1. The van der Waals surface area contributed by atoms with E-state index in [1.54, 1.807) is 4.90 Å². The predicted octanol–water partition coefficient (Wildman–Crippen LogP) is 3.75. The van der Waals surface area contributed by atoms with Crippen molar-refractivity contribution in [3.8, 4) is 0 Å². The molecule has 2 heterocycles. The number of amides is 1. The van der Waals surface area contributed by atoms with Crippen molar-refractivity contribution in [2.75, 3.05) is 0 Å². The van der Waals surface area contributed by atoms with Crippen molar-refractivity contribution in [1.82, 2.24) is 9.88 Å². The maximum Gasteiger partial charge on any atom is 0.295 e. The average molecular weight is 336 g/mol. The normalized spacial score (nSPS) is 14.0. The number of para-hydroxylation sites is 1. The maximum absolute atomic E-state index is 13.0. The lowest BCUT2D eigenvalue weighted by atomic mass is 10.1. The molecule has 0 saturated heterocycles. The predicted molar refractivity (Wildman–Crippen MR) is 94.4 cm³/mol. The van der Waals surface area contributed by atoms with Gasteiger partial charge in [-0.3, -0.25) is 9.59 Å². The van der Waals surface area contributed by atoms with Crippen LogP contribution in [-0.2, 0) is 11.3 Å². The zero-order valence-electron chi connectivity index (χ0n) is 14.3. The SMILES string of the molecule is Cc1ccc(CN(C(=O)C(=O)c2c(C)[nH]c3ccccc23)C2CC2)o1. The van der Waals surface area contributed by atoms with Gasteiger partial charge in [0.25, 0.3) is 11.7 Å². The van der Waals surface area contributed by atoms with E-state index in [1.807, 2.05) is 50.2 Å². The van der Waals surface area contributed by atoms with Gasteiger partial charge in [-0.05, 0) is 44.9 Å². The molecule has 1 fully saturated rings. The minimum absolute atomic E-state index is 0.132. The lowest BCUT2D eigenvalue weighted by Gasteiger charge is -2.20. The van der Waals surface area contributed by atoms with Crippen LogP contribution in [0.1, 0.15) is 40.4 Å². The summed E-state index contributed by atoms with van der Waals surface area (Å²) in [5.74, 6) is 0.604. The molecule has 2 aromatic heterocycles. The summed E-state index contributed by atoms with van der Waals surface area (Å²) in [4.78, 5) is 30.8. The molecule has 0 atom stereocenters. The van der Waals surface area contributed by atoms with E-state index in [0.29, 0.717) is 17.9 Å². The smallest absolute Gasteiger partial charge is 0.295 e. The number of furan rings is 1. The third-order valence-corrected chi connectivity index (χ3v) is 4.69. The van der Waals surface area contributed by atoms with Gasteiger partial charge in [0.05, 0.1) is 12.1 Å². The number of carbonyl (C=O) groups is 2. The maximum atomic E-state index is 13.0. The Hall–Kier alpha value is -2.82. The summed E-state index contributed by atoms with van der Waals surface area (Å²) >= 11 is 0. The lowest BCUT2D eigenvalue weighted by Crippen LogP contribution is -2.38. The first-order valence-corrected chi connectivity index (χ1v) is 8.52. The minimum atomic E-state index is -0.454. The van der Waals surface area contributed by atoms with Gasteiger partial charge in [0.15, 0.2) is 0 Å². The number of carbonyl (C=O) groups excluding carboxylic acids is 2. The molecule has 1 aliphatic rings. The van der Waals surface area contributed by atoms with Gasteiger partial charge < -0.3 is 14.3 Å². The summed E-state index contributed by atoms with van der Waals surface area (Å²) in [5.41, 5.74) is 2.07. The van der Waals surface area contributed by atoms with Crippen molar-refractivity contribution < 1.29 is 14.0 Å². The van der Waals surface area contributed by atoms with E-state index in [9.17, 15) is 9.59 Å². The molecule has 3 aromatic rings. The number of Topliss-reactive ketones (excluding diaryl/α,β-unsaturated/α-hetero) is 1. The molecule has 5 heteroatoms. The summed E-state index contributed by atoms with van der Waals surface area (Å²) in [6.07, 6.45) is 1.87. The van der Waals surface area contributed by atoms with E-state index in [4.69, 9.17) is 4.42 Å². The van der Waals surface area contributed by atoms with Crippen molar-refractivity contribution in [1.29, 1.82) is 0 Å². The van der Waals surface area contributed by atoms with Gasteiger partial charge in [-0.2, -0.15) is 0 Å². The van der Waals surface area contributed by atoms with Gasteiger partial charge in [0, 0.05) is 22.6 Å². The van der Waals surface area contributed by atoms with Crippen LogP contribution in [0, 0.1) is 13.8 Å². The molecule has 0 radical (unpaired) electrons. The molecule has 1 amide bonds. The number of ketones is 1. The lowest BCUT2D eigenvalue weighted by molar-refractivity contribution is -0.127. The molecule has 25 heavy (non-hydrogen) atoms. The molecule has 1 N–H and O–H groups in total. The van der Waals surface area contributed by atoms with Crippen LogP contribution in [0.2, 0.25) is 0 Å². The number of nitrogens with one attached hydrogen (secondary N) is 1. The van der Waals surface area contributed by atoms with E-state index < -0.39 is 11.7 Å². The fourth-order valence-corrected chi connectivity index (χ4v) is 3.30. The molecule has 1 saturated carbocycles. The topological polar surface area (TPSA) is 66.3 Å². The molecule has 5 nitrogen and oxygen atoms in total.